The molecule has 1 atom stereocenters. The fourth-order valence-corrected chi connectivity index (χ4v) is 4.29. The number of nitrogens with one attached hydrogen (secondary N) is 1. The molecular weight excluding hydrogens is 505 g/mol. The lowest BCUT2D eigenvalue weighted by Crippen LogP contribution is -2.25. The number of rotatable bonds is 8. The Kier molecular flexibility index (Phi) is 8.19. The minimum atomic E-state index is -1.25. The van der Waals surface area contributed by atoms with E-state index in [4.69, 9.17) is 4.74 Å². The standard InChI is InChI=1S/C30H27F3N4O2/c1-5-30(38)35-22-7-6-8-24(16-22)37-20(3)36(19(2)29(37)13-14-34-4)23-9-11-25(12-10-23)39-18-21-15-27(32)28(33)17-26(21)31/h5-17,19H,1,3,18H2,2,4H3,(H,35,38)/b29-13+,34-14?. The number of anilines is 3. The fraction of sp³-hybridized carbons (Fsp3) is 0.133. The van der Waals surface area contributed by atoms with Crippen molar-refractivity contribution in [3.05, 3.63) is 121 Å². The summed E-state index contributed by atoms with van der Waals surface area (Å²) in [7, 11) is 1.68. The maximum Gasteiger partial charge on any atom is 0.247 e. The van der Waals surface area contributed by atoms with Gasteiger partial charge in [0, 0.05) is 47.7 Å². The van der Waals surface area contributed by atoms with E-state index in [0.717, 1.165) is 23.1 Å². The SMILES string of the molecule is C=CC(=O)Nc1cccc(N2C(=C)N(c3ccc(OCc4cc(F)c(F)cc4F)cc3)C(C)/C2=C\C=NC)c1. The number of hydrogen-bond donors (Lipinski definition) is 1. The van der Waals surface area contributed by atoms with Crippen LogP contribution < -0.4 is 19.9 Å². The van der Waals surface area contributed by atoms with Gasteiger partial charge in [-0.25, -0.2) is 13.2 Å². The van der Waals surface area contributed by atoms with Crippen LogP contribution >= 0.6 is 0 Å². The molecule has 1 heterocycles. The van der Waals surface area contributed by atoms with Crippen molar-refractivity contribution in [2.45, 2.75) is 19.6 Å². The van der Waals surface area contributed by atoms with Crippen molar-refractivity contribution in [3.63, 3.8) is 0 Å². The van der Waals surface area contributed by atoms with E-state index in [2.05, 4.69) is 23.5 Å². The maximum atomic E-state index is 13.9. The molecule has 1 fully saturated rings. The van der Waals surface area contributed by atoms with E-state index < -0.39 is 17.5 Å². The van der Waals surface area contributed by atoms with Gasteiger partial charge >= 0.3 is 0 Å². The summed E-state index contributed by atoms with van der Waals surface area (Å²) < 4.78 is 46.2. The van der Waals surface area contributed by atoms with Crippen LogP contribution in [0.1, 0.15) is 12.5 Å². The van der Waals surface area contributed by atoms with E-state index in [1.54, 1.807) is 31.5 Å². The van der Waals surface area contributed by atoms with Crippen LogP contribution in [0.25, 0.3) is 0 Å². The quantitative estimate of drug-likeness (QED) is 0.202. The molecular formula is C30H27F3N4O2. The highest BCUT2D eigenvalue weighted by atomic mass is 19.2. The third-order valence-corrected chi connectivity index (χ3v) is 6.16. The molecule has 3 aromatic rings. The Hall–Kier alpha value is -4.79. The number of hydrogen-bond acceptors (Lipinski definition) is 5. The summed E-state index contributed by atoms with van der Waals surface area (Å²) in [5.74, 6) is -2.48. The second kappa shape index (κ2) is 11.7. The van der Waals surface area contributed by atoms with Crippen molar-refractivity contribution in [2.75, 3.05) is 22.2 Å². The number of carbonyl (C=O) groups is 1. The van der Waals surface area contributed by atoms with Crippen molar-refractivity contribution in [3.8, 4) is 5.75 Å². The number of aliphatic imine (C=N–C) groups is 1. The maximum absolute atomic E-state index is 13.9. The van der Waals surface area contributed by atoms with Gasteiger partial charge in [-0.1, -0.05) is 19.2 Å². The average molecular weight is 533 g/mol. The molecule has 1 saturated heterocycles. The number of nitrogens with zero attached hydrogens (tertiary/aromatic N) is 3. The molecule has 1 aliphatic heterocycles. The minimum absolute atomic E-state index is 0.0889. The highest BCUT2D eigenvalue weighted by Crippen LogP contribution is 2.40. The van der Waals surface area contributed by atoms with Crippen LogP contribution in [0, 0.1) is 17.5 Å². The van der Waals surface area contributed by atoms with E-state index in [1.165, 1.54) is 6.08 Å². The van der Waals surface area contributed by atoms with Crippen LogP contribution in [-0.4, -0.2) is 25.2 Å². The van der Waals surface area contributed by atoms with E-state index in [1.807, 2.05) is 53.1 Å². The number of allylic oxidation sites excluding steroid dienone is 1. The van der Waals surface area contributed by atoms with Crippen molar-refractivity contribution in [1.82, 2.24) is 0 Å². The molecule has 9 heteroatoms. The van der Waals surface area contributed by atoms with E-state index in [0.29, 0.717) is 23.3 Å². The molecule has 0 spiro atoms. The molecule has 0 aromatic heterocycles. The Morgan fingerprint density at radius 2 is 1.77 bits per heavy atom. The fourth-order valence-electron chi connectivity index (χ4n) is 4.29. The van der Waals surface area contributed by atoms with Gasteiger partial charge in [-0.3, -0.25) is 14.7 Å². The van der Waals surface area contributed by atoms with Crippen LogP contribution in [0.3, 0.4) is 0 Å². The van der Waals surface area contributed by atoms with Crippen LogP contribution in [0.15, 0.2) is 102 Å². The zero-order valence-electron chi connectivity index (χ0n) is 21.5. The summed E-state index contributed by atoms with van der Waals surface area (Å²) in [4.78, 5) is 19.9. The monoisotopic (exact) mass is 532 g/mol. The molecule has 1 aliphatic rings. The van der Waals surface area contributed by atoms with E-state index in [9.17, 15) is 18.0 Å². The molecule has 6 nitrogen and oxygen atoms in total. The summed E-state index contributed by atoms with van der Waals surface area (Å²) in [6.07, 6.45) is 4.81. The lowest BCUT2D eigenvalue weighted by atomic mass is 10.1. The first-order valence-corrected chi connectivity index (χ1v) is 12.0. The first kappa shape index (κ1) is 27.3. The molecule has 3 aromatic carbocycles. The Morgan fingerprint density at radius 1 is 1.05 bits per heavy atom. The third kappa shape index (κ3) is 5.87. The summed E-state index contributed by atoms with van der Waals surface area (Å²) in [5, 5.41) is 2.77. The zero-order chi connectivity index (χ0) is 28.1. The Bertz CT molecular complexity index is 1470. The van der Waals surface area contributed by atoms with E-state index >= 15 is 0 Å². The Morgan fingerprint density at radius 3 is 2.46 bits per heavy atom. The van der Waals surface area contributed by atoms with Crippen LogP contribution in [0.2, 0.25) is 0 Å². The second-order valence-corrected chi connectivity index (χ2v) is 8.68. The van der Waals surface area contributed by atoms with E-state index in [-0.39, 0.29) is 24.1 Å². The summed E-state index contributed by atoms with van der Waals surface area (Å²) in [6, 6.07) is 15.6. The first-order chi connectivity index (χ1) is 18.7. The van der Waals surface area contributed by atoms with Crippen LogP contribution in [0.5, 0.6) is 5.75 Å². The van der Waals surface area contributed by atoms with Gasteiger partial charge in [0.25, 0.3) is 0 Å². The van der Waals surface area contributed by atoms with Gasteiger partial charge in [0.05, 0.1) is 6.04 Å². The largest absolute Gasteiger partial charge is 0.489 e. The lowest BCUT2D eigenvalue weighted by molar-refractivity contribution is -0.111. The van der Waals surface area contributed by atoms with Crippen LogP contribution in [-0.2, 0) is 11.4 Å². The van der Waals surface area contributed by atoms with Gasteiger partial charge < -0.3 is 15.0 Å². The number of ether oxygens (including phenoxy) is 1. The summed E-state index contributed by atoms with van der Waals surface area (Å²) in [5.41, 5.74) is 3.04. The first-order valence-electron chi connectivity index (χ1n) is 12.0. The number of halogens is 3. The van der Waals surface area contributed by atoms with Crippen LogP contribution in [0.4, 0.5) is 30.2 Å². The molecule has 1 amide bonds. The summed E-state index contributed by atoms with van der Waals surface area (Å²) >= 11 is 0. The number of benzene rings is 3. The molecule has 200 valence electrons. The molecule has 0 saturated carbocycles. The average Bonchev–Trinajstić information content (AvgIpc) is 3.17. The number of amides is 1. The number of carbonyl (C=O) groups excluding carboxylic acids is 1. The van der Waals surface area contributed by atoms with Crippen molar-refractivity contribution in [2.24, 2.45) is 4.99 Å². The van der Waals surface area contributed by atoms with Gasteiger partial charge in [0.15, 0.2) is 11.6 Å². The topological polar surface area (TPSA) is 57.2 Å². The van der Waals surface area contributed by atoms with Crippen molar-refractivity contribution < 1.29 is 22.7 Å². The Labute approximate surface area is 225 Å². The van der Waals surface area contributed by atoms with Gasteiger partial charge in [-0.05, 0) is 67.6 Å². The molecule has 39 heavy (non-hydrogen) atoms. The molecule has 4 rings (SSSR count). The smallest absolute Gasteiger partial charge is 0.247 e. The van der Waals surface area contributed by atoms with Gasteiger partial charge in [0.2, 0.25) is 5.91 Å². The molecule has 1 N–H and O–H groups in total. The lowest BCUT2D eigenvalue weighted by Gasteiger charge is -2.25. The van der Waals surface area contributed by atoms with Gasteiger partial charge in [-0.2, -0.15) is 0 Å². The minimum Gasteiger partial charge on any atom is -0.489 e. The molecule has 0 bridgehead atoms. The predicted octanol–water partition coefficient (Wildman–Crippen LogP) is 6.58. The highest BCUT2D eigenvalue weighted by Gasteiger charge is 2.36. The molecule has 0 aliphatic carbocycles. The van der Waals surface area contributed by atoms with Gasteiger partial charge in [-0.15, -0.1) is 0 Å². The van der Waals surface area contributed by atoms with Crippen molar-refractivity contribution in [1.29, 1.82) is 0 Å². The predicted molar refractivity (Wildman–Crippen MR) is 148 cm³/mol. The summed E-state index contributed by atoms with van der Waals surface area (Å²) in [6.45, 7) is 9.59. The Balaban J connectivity index is 1.58. The molecule has 1 unspecified atom stereocenters. The van der Waals surface area contributed by atoms with Gasteiger partial charge in [0.1, 0.15) is 24.0 Å². The normalized spacial score (nSPS) is 16.3. The zero-order valence-corrected chi connectivity index (χ0v) is 21.5. The van der Waals surface area contributed by atoms with Crippen molar-refractivity contribution >= 4 is 29.2 Å². The third-order valence-electron chi connectivity index (χ3n) is 6.16. The molecule has 0 radical (unpaired) electrons. The highest BCUT2D eigenvalue weighted by molar-refractivity contribution is 5.99. The second-order valence-electron chi connectivity index (χ2n) is 8.68.